The Morgan fingerprint density at radius 3 is 3.07 bits per heavy atom. The summed E-state index contributed by atoms with van der Waals surface area (Å²) in [5, 5.41) is 9.76. The summed E-state index contributed by atoms with van der Waals surface area (Å²) in [7, 11) is 0. The zero-order chi connectivity index (χ0) is 10.1. The van der Waals surface area contributed by atoms with Gasteiger partial charge in [-0.1, -0.05) is 0 Å². The van der Waals surface area contributed by atoms with Crippen LogP contribution in [0.1, 0.15) is 17.4 Å². The molecule has 0 aliphatic carbocycles. The molecule has 2 rings (SSSR count). The minimum Gasteiger partial charge on any atom is -0.477 e. The van der Waals surface area contributed by atoms with Gasteiger partial charge in [0.1, 0.15) is 11.8 Å². The number of aromatic carboxylic acids is 1. The molecule has 5 heteroatoms. The van der Waals surface area contributed by atoms with Crippen molar-refractivity contribution in [2.45, 2.75) is 13.5 Å². The fourth-order valence-electron chi connectivity index (χ4n) is 1.47. The summed E-state index contributed by atoms with van der Waals surface area (Å²) in [6, 6.07) is 0. The first-order chi connectivity index (χ1) is 6.74. The fourth-order valence-corrected chi connectivity index (χ4v) is 1.47. The lowest BCUT2D eigenvalue weighted by Gasteiger charge is -1.99. The van der Waals surface area contributed by atoms with Crippen LogP contribution in [-0.4, -0.2) is 25.6 Å². The largest absolute Gasteiger partial charge is 0.477 e. The summed E-state index contributed by atoms with van der Waals surface area (Å²) in [6.45, 7) is 2.50. The maximum absolute atomic E-state index is 11.0. The third-order valence-electron chi connectivity index (χ3n) is 2.09. The van der Waals surface area contributed by atoms with E-state index in [2.05, 4.69) is 9.97 Å². The molecule has 1 N–H and O–H groups in total. The molecule has 0 aromatic carbocycles. The second kappa shape index (κ2) is 3.10. The Morgan fingerprint density at radius 2 is 2.43 bits per heavy atom. The van der Waals surface area contributed by atoms with Gasteiger partial charge in [0.2, 0.25) is 0 Å². The molecule has 0 atom stereocenters. The van der Waals surface area contributed by atoms with Gasteiger partial charge >= 0.3 is 5.97 Å². The lowest BCUT2D eigenvalue weighted by Crippen LogP contribution is -2.06. The standard InChI is InChI=1S/C9H9N3O2/c1-2-12-4-6-3-10-5-11-7(6)8(12)9(13)14/h3-5H,2H2,1H3,(H,13,14). The van der Waals surface area contributed by atoms with E-state index in [1.54, 1.807) is 17.0 Å². The predicted octanol–water partition coefficient (Wildman–Crippen LogP) is 1.15. The Morgan fingerprint density at radius 1 is 1.64 bits per heavy atom. The number of carbonyl (C=O) groups is 1. The van der Waals surface area contributed by atoms with Crippen molar-refractivity contribution in [3.63, 3.8) is 0 Å². The topological polar surface area (TPSA) is 68.0 Å². The number of hydrogen-bond acceptors (Lipinski definition) is 3. The number of aromatic nitrogens is 3. The highest BCUT2D eigenvalue weighted by Crippen LogP contribution is 2.17. The molecule has 14 heavy (non-hydrogen) atoms. The zero-order valence-corrected chi connectivity index (χ0v) is 7.64. The van der Waals surface area contributed by atoms with Crippen LogP contribution >= 0.6 is 0 Å². The first-order valence-electron chi connectivity index (χ1n) is 4.26. The number of hydrogen-bond donors (Lipinski definition) is 1. The van der Waals surface area contributed by atoms with Gasteiger partial charge < -0.3 is 9.67 Å². The Bertz CT molecular complexity index is 490. The molecule has 0 fully saturated rings. The Labute approximate surface area is 80.0 Å². The van der Waals surface area contributed by atoms with E-state index in [9.17, 15) is 4.79 Å². The van der Waals surface area contributed by atoms with Crippen molar-refractivity contribution in [1.82, 2.24) is 14.5 Å². The summed E-state index contributed by atoms with van der Waals surface area (Å²) < 4.78 is 1.65. The van der Waals surface area contributed by atoms with E-state index in [0.717, 1.165) is 5.39 Å². The number of carboxylic acids is 1. The molecule has 2 aromatic rings. The molecule has 0 aliphatic rings. The van der Waals surface area contributed by atoms with Crippen LogP contribution in [0.4, 0.5) is 0 Å². The molecule has 0 unspecified atom stereocenters. The van der Waals surface area contributed by atoms with Crippen molar-refractivity contribution < 1.29 is 9.90 Å². The quantitative estimate of drug-likeness (QED) is 0.773. The van der Waals surface area contributed by atoms with Gasteiger partial charge in [0.15, 0.2) is 5.69 Å². The van der Waals surface area contributed by atoms with E-state index in [4.69, 9.17) is 5.11 Å². The molecule has 0 saturated carbocycles. The number of rotatable bonds is 2. The molecule has 0 radical (unpaired) electrons. The monoisotopic (exact) mass is 191 g/mol. The molecule has 5 nitrogen and oxygen atoms in total. The average molecular weight is 191 g/mol. The summed E-state index contributed by atoms with van der Waals surface area (Å²) in [5.74, 6) is -0.958. The lowest BCUT2D eigenvalue weighted by molar-refractivity contribution is 0.0687. The average Bonchev–Trinajstić information content (AvgIpc) is 2.55. The van der Waals surface area contributed by atoms with Crippen LogP contribution in [0.5, 0.6) is 0 Å². The third kappa shape index (κ3) is 1.14. The van der Waals surface area contributed by atoms with Crippen LogP contribution in [0.15, 0.2) is 18.7 Å². The highest BCUT2D eigenvalue weighted by molar-refractivity contribution is 6.00. The molecule has 0 saturated heterocycles. The van der Waals surface area contributed by atoms with Gasteiger partial charge in [0.05, 0.1) is 0 Å². The second-order valence-corrected chi connectivity index (χ2v) is 2.90. The molecule has 0 spiro atoms. The van der Waals surface area contributed by atoms with Gasteiger partial charge in [0, 0.05) is 24.3 Å². The minimum atomic E-state index is -0.958. The van der Waals surface area contributed by atoms with Gasteiger partial charge in [-0.2, -0.15) is 0 Å². The van der Waals surface area contributed by atoms with Gasteiger partial charge in [0.25, 0.3) is 0 Å². The van der Waals surface area contributed by atoms with Crippen molar-refractivity contribution in [1.29, 1.82) is 0 Å². The molecular weight excluding hydrogens is 182 g/mol. The van der Waals surface area contributed by atoms with Gasteiger partial charge in [-0.25, -0.2) is 14.8 Å². The third-order valence-corrected chi connectivity index (χ3v) is 2.09. The van der Waals surface area contributed by atoms with E-state index in [0.29, 0.717) is 12.1 Å². The second-order valence-electron chi connectivity index (χ2n) is 2.90. The number of nitrogens with zero attached hydrogens (tertiary/aromatic N) is 3. The van der Waals surface area contributed by atoms with Crippen LogP contribution in [-0.2, 0) is 6.54 Å². The zero-order valence-electron chi connectivity index (χ0n) is 7.64. The van der Waals surface area contributed by atoms with Crippen LogP contribution in [0.2, 0.25) is 0 Å². The van der Waals surface area contributed by atoms with E-state index in [1.807, 2.05) is 6.92 Å². The molecule has 0 bridgehead atoms. The summed E-state index contributed by atoms with van der Waals surface area (Å²) in [6.07, 6.45) is 4.72. The van der Waals surface area contributed by atoms with Gasteiger partial charge in [-0.3, -0.25) is 0 Å². The SMILES string of the molecule is CCn1cc2cncnc2c1C(=O)O. The van der Waals surface area contributed by atoms with Gasteiger partial charge in [-0.15, -0.1) is 0 Å². The van der Waals surface area contributed by atoms with Crippen molar-refractivity contribution in [2.75, 3.05) is 0 Å². The van der Waals surface area contributed by atoms with Crippen molar-refractivity contribution in [3.8, 4) is 0 Å². The highest BCUT2D eigenvalue weighted by atomic mass is 16.4. The fraction of sp³-hybridized carbons (Fsp3) is 0.222. The maximum Gasteiger partial charge on any atom is 0.354 e. The van der Waals surface area contributed by atoms with Crippen LogP contribution in [0.25, 0.3) is 10.9 Å². The molecular formula is C9H9N3O2. The number of carboxylic acid groups (broad SMARTS) is 1. The lowest BCUT2D eigenvalue weighted by atomic mass is 10.3. The summed E-state index contributed by atoms with van der Waals surface area (Å²) in [5.41, 5.74) is 0.722. The van der Waals surface area contributed by atoms with E-state index in [1.165, 1.54) is 6.33 Å². The Balaban J connectivity index is 2.81. The van der Waals surface area contributed by atoms with E-state index in [-0.39, 0.29) is 5.69 Å². The number of aryl methyl sites for hydroxylation is 1. The van der Waals surface area contributed by atoms with Crippen LogP contribution < -0.4 is 0 Å². The van der Waals surface area contributed by atoms with Crippen LogP contribution in [0, 0.1) is 0 Å². The molecule has 0 amide bonds. The number of fused-ring (bicyclic) bond motifs is 1. The first kappa shape index (κ1) is 8.68. The minimum absolute atomic E-state index is 0.227. The Kier molecular flexibility index (Phi) is 1.92. The normalized spacial score (nSPS) is 10.6. The van der Waals surface area contributed by atoms with Gasteiger partial charge in [-0.05, 0) is 6.92 Å². The molecule has 2 heterocycles. The summed E-state index contributed by atoms with van der Waals surface area (Å²) >= 11 is 0. The van der Waals surface area contributed by atoms with Crippen molar-refractivity contribution in [3.05, 3.63) is 24.4 Å². The first-order valence-corrected chi connectivity index (χ1v) is 4.26. The Hall–Kier alpha value is -1.91. The predicted molar refractivity (Wildman–Crippen MR) is 50.2 cm³/mol. The molecule has 2 aromatic heterocycles. The van der Waals surface area contributed by atoms with E-state index < -0.39 is 5.97 Å². The summed E-state index contributed by atoms with van der Waals surface area (Å²) in [4.78, 5) is 18.8. The maximum atomic E-state index is 11.0. The smallest absolute Gasteiger partial charge is 0.354 e. The van der Waals surface area contributed by atoms with Crippen LogP contribution in [0.3, 0.4) is 0 Å². The highest BCUT2D eigenvalue weighted by Gasteiger charge is 2.15. The molecule has 72 valence electrons. The van der Waals surface area contributed by atoms with Crippen molar-refractivity contribution >= 4 is 16.9 Å². The van der Waals surface area contributed by atoms with Crippen molar-refractivity contribution in [2.24, 2.45) is 0 Å². The van der Waals surface area contributed by atoms with E-state index >= 15 is 0 Å². The molecule has 0 aliphatic heterocycles.